The molecule has 0 aliphatic carbocycles. The van der Waals surface area contributed by atoms with E-state index in [0.717, 1.165) is 17.0 Å². The van der Waals surface area contributed by atoms with E-state index in [1.165, 1.54) is 11.9 Å². The first-order valence-corrected chi connectivity index (χ1v) is 5.27. The highest BCUT2D eigenvalue weighted by atomic mass is 32.2. The van der Waals surface area contributed by atoms with Crippen molar-refractivity contribution >= 4 is 24.0 Å². The Morgan fingerprint density at radius 1 is 1.71 bits per heavy atom. The number of nitrogens with zero attached hydrogens (tertiary/aromatic N) is 1. The van der Waals surface area contributed by atoms with E-state index >= 15 is 0 Å². The second kappa shape index (κ2) is 5.74. The van der Waals surface area contributed by atoms with E-state index in [0.29, 0.717) is 5.92 Å². The van der Waals surface area contributed by atoms with Gasteiger partial charge in [0.25, 0.3) is 0 Å². The molecule has 0 aromatic heterocycles. The van der Waals surface area contributed by atoms with Crippen LogP contribution in [0.1, 0.15) is 13.8 Å². The van der Waals surface area contributed by atoms with Crippen molar-refractivity contribution in [1.82, 2.24) is 4.83 Å². The van der Waals surface area contributed by atoms with Crippen molar-refractivity contribution in [2.75, 3.05) is 0 Å². The number of quaternary nitrogens is 1. The maximum atomic E-state index is 6.97. The molecule has 4 nitrogen and oxygen atoms in total. The van der Waals surface area contributed by atoms with Gasteiger partial charge in [-0.25, -0.2) is 10.4 Å². The molecule has 5 heteroatoms. The third-order valence-corrected chi connectivity index (χ3v) is 2.39. The van der Waals surface area contributed by atoms with E-state index in [-0.39, 0.29) is 0 Å². The van der Waals surface area contributed by atoms with Crippen LogP contribution in [0.25, 0.3) is 0 Å². The van der Waals surface area contributed by atoms with Crippen molar-refractivity contribution in [1.29, 1.82) is 5.41 Å². The molecule has 0 fully saturated rings. The summed E-state index contributed by atoms with van der Waals surface area (Å²) in [6.07, 6.45) is 7.05. The normalized spacial score (nSPS) is 17.9. The predicted octanol–water partition coefficient (Wildman–Crippen LogP) is 0.818. The molecular formula is C9H15N4S+. The number of rotatable bonds is 4. The van der Waals surface area contributed by atoms with Crippen molar-refractivity contribution in [3.05, 3.63) is 23.3 Å². The van der Waals surface area contributed by atoms with Gasteiger partial charge in [0, 0.05) is 11.9 Å². The van der Waals surface area contributed by atoms with Gasteiger partial charge in [0.2, 0.25) is 0 Å². The monoisotopic (exact) mass is 211 g/mol. The van der Waals surface area contributed by atoms with Crippen LogP contribution in [0.3, 0.4) is 0 Å². The Bertz CT molecular complexity index is 291. The number of nitrogens with one attached hydrogen (secondary N) is 2. The van der Waals surface area contributed by atoms with Gasteiger partial charge >= 0.3 is 0 Å². The number of nitrogens with two attached hydrogens (primary N) is 1. The SMILES string of the molecule is CC(C)/C=C\C(=NC=N)C1=C[NH2+]NS1. The molecule has 0 saturated heterocycles. The number of hydrogen-bond donors (Lipinski definition) is 3. The quantitative estimate of drug-likeness (QED) is 0.279. The van der Waals surface area contributed by atoms with Crippen LogP contribution in [0, 0.1) is 11.3 Å². The van der Waals surface area contributed by atoms with Crippen LogP contribution in [-0.2, 0) is 0 Å². The predicted molar refractivity (Wildman–Crippen MR) is 60.9 cm³/mol. The first-order valence-electron chi connectivity index (χ1n) is 4.45. The van der Waals surface area contributed by atoms with Crippen LogP contribution in [0.4, 0.5) is 0 Å². The molecule has 0 amide bonds. The van der Waals surface area contributed by atoms with Gasteiger partial charge in [0.15, 0.2) is 0 Å². The lowest BCUT2D eigenvalue weighted by molar-refractivity contribution is -0.620. The average Bonchev–Trinajstić information content (AvgIpc) is 2.64. The molecule has 1 rings (SSSR count). The van der Waals surface area contributed by atoms with Crippen molar-refractivity contribution in [2.45, 2.75) is 13.8 Å². The fraction of sp³-hybridized carbons (Fsp3) is 0.333. The molecule has 0 saturated carbocycles. The molecule has 0 atom stereocenters. The first kappa shape index (κ1) is 11.2. The highest BCUT2D eigenvalue weighted by molar-refractivity contribution is 8.02. The van der Waals surface area contributed by atoms with Crippen LogP contribution < -0.4 is 10.3 Å². The summed E-state index contributed by atoms with van der Waals surface area (Å²) in [5.74, 6) is 0.495. The fourth-order valence-corrected chi connectivity index (χ4v) is 1.55. The minimum atomic E-state index is 0.495. The van der Waals surface area contributed by atoms with Gasteiger partial charge in [0.1, 0.15) is 17.4 Å². The second-order valence-corrected chi connectivity index (χ2v) is 4.04. The zero-order valence-electron chi connectivity index (χ0n) is 8.32. The van der Waals surface area contributed by atoms with E-state index in [4.69, 9.17) is 5.41 Å². The summed E-state index contributed by atoms with van der Waals surface area (Å²) in [5.41, 5.74) is 2.70. The molecule has 0 radical (unpaired) electrons. The van der Waals surface area contributed by atoms with Crippen molar-refractivity contribution in [3.63, 3.8) is 0 Å². The molecule has 0 aromatic rings. The number of allylic oxidation sites excluding steroid dienone is 3. The summed E-state index contributed by atoms with van der Waals surface area (Å²) in [6.45, 7) is 4.22. The van der Waals surface area contributed by atoms with Crippen LogP contribution >= 0.6 is 11.9 Å². The molecule has 1 aliphatic heterocycles. The molecule has 4 N–H and O–H groups in total. The Hall–Kier alpha value is -0.910. The third kappa shape index (κ3) is 3.45. The Labute approximate surface area is 88.2 Å². The summed E-state index contributed by atoms with van der Waals surface area (Å²) in [5, 5.41) is 6.97. The van der Waals surface area contributed by atoms with Gasteiger partial charge in [-0.05, 0) is 12.0 Å². The second-order valence-electron chi connectivity index (χ2n) is 3.16. The molecular weight excluding hydrogens is 196 g/mol. The Morgan fingerprint density at radius 3 is 3.00 bits per heavy atom. The molecule has 76 valence electrons. The third-order valence-electron chi connectivity index (χ3n) is 1.57. The molecule has 0 aromatic carbocycles. The smallest absolute Gasteiger partial charge is 0.130 e. The summed E-state index contributed by atoms with van der Waals surface area (Å²) in [6, 6.07) is 0. The van der Waals surface area contributed by atoms with Gasteiger partial charge in [-0.15, -0.1) is 4.83 Å². The zero-order valence-corrected chi connectivity index (χ0v) is 9.14. The number of aliphatic imine (C=N–C) groups is 1. The van der Waals surface area contributed by atoms with Gasteiger partial charge in [-0.3, -0.25) is 5.41 Å². The summed E-state index contributed by atoms with van der Waals surface area (Å²) in [7, 11) is 0. The van der Waals surface area contributed by atoms with E-state index in [1.54, 1.807) is 0 Å². The summed E-state index contributed by atoms with van der Waals surface area (Å²) >= 11 is 1.51. The maximum Gasteiger partial charge on any atom is 0.130 e. The van der Waals surface area contributed by atoms with E-state index in [1.807, 2.05) is 17.7 Å². The Morgan fingerprint density at radius 2 is 2.50 bits per heavy atom. The van der Waals surface area contributed by atoms with E-state index in [2.05, 4.69) is 29.7 Å². The maximum absolute atomic E-state index is 6.97. The molecule has 0 unspecified atom stereocenters. The molecule has 0 bridgehead atoms. The molecule has 0 spiro atoms. The van der Waals surface area contributed by atoms with Gasteiger partial charge < -0.3 is 0 Å². The van der Waals surface area contributed by atoms with Crippen LogP contribution in [-0.4, -0.2) is 12.1 Å². The first-order chi connectivity index (χ1) is 6.74. The lowest BCUT2D eigenvalue weighted by Gasteiger charge is -1.97. The number of hydrogen-bond acceptors (Lipinski definition) is 3. The van der Waals surface area contributed by atoms with E-state index in [9.17, 15) is 0 Å². The minimum absolute atomic E-state index is 0.495. The highest BCUT2D eigenvalue weighted by Crippen LogP contribution is 2.14. The Balaban J connectivity index is 2.74. The zero-order chi connectivity index (χ0) is 10.4. The van der Waals surface area contributed by atoms with Crippen molar-refractivity contribution in [2.24, 2.45) is 10.9 Å². The highest BCUT2D eigenvalue weighted by Gasteiger charge is 2.12. The van der Waals surface area contributed by atoms with Crippen molar-refractivity contribution < 1.29 is 5.43 Å². The largest absolute Gasteiger partial charge is 0.290 e. The standard InChI is InChI=1S/C9H14N4S/c1-7(2)3-4-8(11-6-10)9-5-12-13-14-9/h3-7,10,12-13H,1-2H3/p+1/b4-3-,10-6?,11-8?. The van der Waals surface area contributed by atoms with Crippen LogP contribution in [0.5, 0.6) is 0 Å². The summed E-state index contributed by atoms with van der Waals surface area (Å²) in [4.78, 5) is 8.06. The topological polar surface area (TPSA) is 64.8 Å². The lowest BCUT2D eigenvalue weighted by atomic mass is 10.2. The van der Waals surface area contributed by atoms with Gasteiger partial charge in [-0.2, -0.15) is 0 Å². The summed E-state index contributed by atoms with van der Waals surface area (Å²) < 4.78 is 0. The Kier molecular flexibility index (Phi) is 4.58. The minimum Gasteiger partial charge on any atom is -0.290 e. The molecule has 1 heterocycles. The van der Waals surface area contributed by atoms with Gasteiger partial charge in [-0.1, -0.05) is 19.9 Å². The average molecular weight is 211 g/mol. The van der Waals surface area contributed by atoms with Gasteiger partial charge in [0.05, 0.1) is 5.71 Å². The molecule has 1 aliphatic rings. The van der Waals surface area contributed by atoms with Crippen LogP contribution in [0.15, 0.2) is 28.2 Å². The lowest BCUT2D eigenvalue weighted by Crippen LogP contribution is -2.83. The fourth-order valence-electron chi connectivity index (χ4n) is 0.921. The van der Waals surface area contributed by atoms with E-state index < -0.39 is 0 Å². The van der Waals surface area contributed by atoms with Crippen LogP contribution in [0.2, 0.25) is 0 Å². The molecule has 14 heavy (non-hydrogen) atoms. The van der Waals surface area contributed by atoms with Crippen molar-refractivity contribution in [3.8, 4) is 0 Å².